The van der Waals surface area contributed by atoms with Gasteiger partial charge in [0.25, 0.3) is 11.1 Å². The standard InChI is InChI=1S/C25H17FN2O2S/c26-21-12-3-4-13-22(21)27-14-6-10-19(27)15-23-24(29)28(25(30)31-23)16-18-9-5-8-17-7-1-2-11-20(17)18/h1-15H,16H2/b23-15+. The zero-order valence-electron chi connectivity index (χ0n) is 16.4. The SMILES string of the molecule is O=C1S/C(=C/c2cccn2-c2ccccc2F)C(=O)N1Cc1cccc2ccccc12. The number of fused-ring (bicyclic) bond motifs is 1. The summed E-state index contributed by atoms with van der Waals surface area (Å²) in [7, 11) is 0. The number of nitrogens with zero attached hydrogens (tertiary/aromatic N) is 2. The number of carbonyl (C=O) groups excluding carboxylic acids is 2. The number of rotatable bonds is 4. The number of para-hydroxylation sites is 1. The summed E-state index contributed by atoms with van der Waals surface area (Å²) in [6.45, 7) is 0.206. The van der Waals surface area contributed by atoms with Gasteiger partial charge in [0.15, 0.2) is 0 Å². The van der Waals surface area contributed by atoms with E-state index in [-0.39, 0.29) is 23.5 Å². The Morgan fingerprint density at radius 3 is 2.52 bits per heavy atom. The van der Waals surface area contributed by atoms with Crippen LogP contribution in [0.5, 0.6) is 0 Å². The van der Waals surface area contributed by atoms with Crippen molar-refractivity contribution < 1.29 is 14.0 Å². The largest absolute Gasteiger partial charge is 0.314 e. The van der Waals surface area contributed by atoms with Gasteiger partial charge >= 0.3 is 0 Å². The average molecular weight is 428 g/mol. The highest BCUT2D eigenvalue weighted by atomic mass is 32.2. The van der Waals surface area contributed by atoms with Crippen molar-refractivity contribution >= 4 is 39.8 Å². The van der Waals surface area contributed by atoms with Crippen molar-refractivity contribution in [3.8, 4) is 5.69 Å². The Kier molecular flexibility index (Phi) is 4.92. The van der Waals surface area contributed by atoms with Crippen molar-refractivity contribution in [2.24, 2.45) is 0 Å². The fraction of sp³-hybridized carbons (Fsp3) is 0.0400. The molecule has 0 spiro atoms. The van der Waals surface area contributed by atoms with Crippen LogP contribution in [-0.4, -0.2) is 20.6 Å². The monoisotopic (exact) mass is 428 g/mol. The Hall–Kier alpha value is -3.64. The summed E-state index contributed by atoms with van der Waals surface area (Å²) in [6, 6.07) is 23.7. The fourth-order valence-corrected chi connectivity index (χ4v) is 4.57. The minimum Gasteiger partial charge on any atom is -0.314 e. The first kappa shape index (κ1) is 19.3. The maximum absolute atomic E-state index is 14.2. The van der Waals surface area contributed by atoms with Gasteiger partial charge in [0.2, 0.25) is 0 Å². The summed E-state index contributed by atoms with van der Waals surface area (Å²) in [5, 5.41) is 1.76. The molecule has 2 heterocycles. The molecule has 4 nitrogen and oxygen atoms in total. The lowest BCUT2D eigenvalue weighted by Gasteiger charge is -2.14. The maximum atomic E-state index is 14.2. The molecular weight excluding hydrogens is 411 g/mol. The van der Waals surface area contributed by atoms with Gasteiger partial charge in [-0.1, -0.05) is 54.6 Å². The molecule has 0 aliphatic carbocycles. The first-order valence-electron chi connectivity index (χ1n) is 9.76. The molecule has 0 atom stereocenters. The van der Waals surface area contributed by atoms with Gasteiger partial charge in [-0.3, -0.25) is 14.5 Å². The van der Waals surface area contributed by atoms with Crippen LogP contribution in [0.25, 0.3) is 22.5 Å². The van der Waals surface area contributed by atoms with Crippen LogP contribution in [0.2, 0.25) is 0 Å². The van der Waals surface area contributed by atoms with E-state index in [0.717, 1.165) is 28.1 Å². The summed E-state index contributed by atoms with van der Waals surface area (Å²) < 4.78 is 15.9. The van der Waals surface area contributed by atoms with Crippen molar-refractivity contribution in [2.45, 2.75) is 6.54 Å². The third-order valence-electron chi connectivity index (χ3n) is 5.25. The molecule has 3 aromatic carbocycles. The van der Waals surface area contributed by atoms with Crippen LogP contribution in [0.15, 0.2) is 90.0 Å². The second-order valence-corrected chi connectivity index (χ2v) is 8.15. The summed E-state index contributed by atoms with van der Waals surface area (Å²) in [5.74, 6) is -0.707. The molecule has 0 unspecified atom stereocenters. The third-order valence-corrected chi connectivity index (χ3v) is 6.16. The molecule has 1 fully saturated rings. The summed E-state index contributed by atoms with van der Waals surface area (Å²) in [4.78, 5) is 27.2. The van der Waals surface area contributed by atoms with Gasteiger partial charge in [0, 0.05) is 11.9 Å². The number of hydrogen-bond donors (Lipinski definition) is 0. The predicted octanol–water partition coefficient (Wildman–Crippen LogP) is 6.01. The lowest BCUT2D eigenvalue weighted by molar-refractivity contribution is -0.123. The number of hydrogen-bond acceptors (Lipinski definition) is 3. The minimum absolute atomic E-state index is 0.206. The normalized spacial score (nSPS) is 15.4. The lowest BCUT2D eigenvalue weighted by atomic mass is 10.0. The minimum atomic E-state index is -0.364. The van der Waals surface area contributed by atoms with Gasteiger partial charge in [-0.25, -0.2) is 4.39 Å². The van der Waals surface area contributed by atoms with Crippen LogP contribution in [0.4, 0.5) is 9.18 Å². The molecule has 0 saturated carbocycles. The zero-order valence-corrected chi connectivity index (χ0v) is 17.2. The molecule has 0 bridgehead atoms. The first-order valence-corrected chi connectivity index (χ1v) is 10.6. The molecule has 31 heavy (non-hydrogen) atoms. The van der Waals surface area contributed by atoms with Gasteiger partial charge in [0.1, 0.15) is 5.82 Å². The molecule has 6 heteroatoms. The van der Waals surface area contributed by atoms with Crippen molar-refractivity contribution in [1.29, 1.82) is 0 Å². The van der Waals surface area contributed by atoms with Crippen LogP contribution < -0.4 is 0 Å². The van der Waals surface area contributed by atoms with Crippen LogP contribution >= 0.6 is 11.8 Å². The summed E-state index contributed by atoms with van der Waals surface area (Å²) in [6.07, 6.45) is 3.37. The van der Waals surface area contributed by atoms with Crippen LogP contribution in [-0.2, 0) is 11.3 Å². The predicted molar refractivity (Wildman–Crippen MR) is 121 cm³/mol. The van der Waals surface area contributed by atoms with Crippen molar-refractivity contribution in [2.75, 3.05) is 0 Å². The van der Waals surface area contributed by atoms with Gasteiger partial charge in [0.05, 0.1) is 17.1 Å². The Morgan fingerprint density at radius 2 is 1.65 bits per heavy atom. The number of halogens is 1. The second-order valence-electron chi connectivity index (χ2n) is 7.16. The molecule has 152 valence electrons. The number of thioether (sulfide) groups is 1. The summed E-state index contributed by atoms with van der Waals surface area (Å²) in [5.41, 5.74) is 1.92. The van der Waals surface area contributed by atoms with Crippen molar-refractivity contribution in [3.63, 3.8) is 0 Å². The van der Waals surface area contributed by atoms with E-state index in [1.165, 1.54) is 11.0 Å². The second kappa shape index (κ2) is 7.89. The Bertz CT molecular complexity index is 1350. The van der Waals surface area contributed by atoms with Gasteiger partial charge in [-0.15, -0.1) is 0 Å². The van der Waals surface area contributed by atoms with E-state index < -0.39 is 0 Å². The van der Waals surface area contributed by atoms with Gasteiger partial charge in [-0.2, -0.15) is 0 Å². The Balaban J connectivity index is 1.46. The number of amides is 2. The highest BCUT2D eigenvalue weighted by molar-refractivity contribution is 8.18. The molecule has 2 amide bonds. The van der Waals surface area contributed by atoms with Crippen LogP contribution in [0, 0.1) is 5.82 Å². The molecule has 4 aromatic rings. The van der Waals surface area contributed by atoms with Gasteiger partial charge in [-0.05, 0) is 58.4 Å². The average Bonchev–Trinajstić information content (AvgIpc) is 3.34. The molecule has 0 N–H and O–H groups in total. The van der Waals surface area contributed by atoms with E-state index in [4.69, 9.17) is 0 Å². The van der Waals surface area contributed by atoms with E-state index in [2.05, 4.69) is 0 Å². The number of aromatic nitrogens is 1. The molecule has 1 aliphatic heterocycles. The molecule has 1 aromatic heterocycles. The van der Waals surface area contributed by atoms with E-state index in [1.807, 2.05) is 42.5 Å². The van der Waals surface area contributed by atoms with E-state index >= 15 is 0 Å². The molecule has 5 rings (SSSR count). The zero-order chi connectivity index (χ0) is 21.4. The highest BCUT2D eigenvalue weighted by Crippen LogP contribution is 2.34. The fourth-order valence-electron chi connectivity index (χ4n) is 3.75. The molecular formula is C25H17FN2O2S. The molecule has 1 saturated heterocycles. The Labute approximate surface area is 182 Å². The number of carbonyl (C=O) groups is 2. The van der Waals surface area contributed by atoms with E-state index in [9.17, 15) is 14.0 Å². The number of imide groups is 1. The first-order chi connectivity index (χ1) is 15.1. The lowest BCUT2D eigenvalue weighted by Crippen LogP contribution is -2.27. The van der Waals surface area contributed by atoms with Crippen LogP contribution in [0.1, 0.15) is 11.3 Å². The molecule has 0 radical (unpaired) electrons. The van der Waals surface area contributed by atoms with Gasteiger partial charge < -0.3 is 4.57 Å². The quantitative estimate of drug-likeness (QED) is 0.374. The Morgan fingerprint density at radius 1 is 0.871 bits per heavy atom. The smallest absolute Gasteiger partial charge is 0.293 e. The van der Waals surface area contributed by atoms with E-state index in [1.54, 1.807) is 47.2 Å². The van der Waals surface area contributed by atoms with Crippen molar-refractivity contribution in [3.05, 3.63) is 107 Å². The third kappa shape index (κ3) is 3.55. The highest BCUT2D eigenvalue weighted by Gasteiger charge is 2.35. The summed E-state index contributed by atoms with van der Waals surface area (Å²) >= 11 is 0.904. The van der Waals surface area contributed by atoms with Crippen LogP contribution in [0.3, 0.4) is 0 Å². The topological polar surface area (TPSA) is 42.3 Å². The number of benzene rings is 3. The van der Waals surface area contributed by atoms with E-state index in [0.29, 0.717) is 16.3 Å². The molecule has 1 aliphatic rings. The van der Waals surface area contributed by atoms with Crippen molar-refractivity contribution in [1.82, 2.24) is 9.47 Å². The maximum Gasteiger partial charge on any atom is 0.293 e.